The maximum atomic E-state index is 12.3. The number of hydrogen-bond donors (Lipinski definition) is 4. The van der Waals surface area contributed by atoms with Crippen LogP contribution in [0.1, 0.15) is 22.9 Å². The van der Waals surface area contributed by atoms with Crippen molar-refractivity contribution in [2.45, 2.75) is 12.6 Å². The molecule has 0 aliphatic carbocycles. The van der Waals surface area contributed by atoms with E-state index in [9.17, 15) is 4.79 Å². The van der Waals surface area contributed by atoms with Crippen LogP contribution in [0.2, 0.25) is 0 Å². The van der Waals surface area contributed by atoms with Gasteiger partial charge in [-0.25, -0.2) is 24.2 Å². The Hall–Kier alpha value is -4.92. The van der Waals surface area contributed by atoms with Gasteiger partial charge in [0, 0.05) is 50.4 Å². The summed E-state index contributed by atoms with van der Waals surface area (Å²) < 4.78 is 1.61. The van der Waals surface area contributed by atoms with Gasteiger partial charge in [-0.2, -0.15) is 0 Å². The first-order chi connectivity index (χ1) is 20.1. The first-order valence-corrected chi connectivity index (χ1v) is 13.4. The summed E-state index contributed by atoms with van der Waals surface area (Å²) in [6.45, 7) is 4.60. The molecule has 0 radical (unpaired) electrons. The van der Waals surface area contributed by atoms with Crippen molar-refractivity contribution in [1.29, 1.82) is 0 Å². The predicted molar refractivity (Wildman–Crippen MR) is 151 cm³/mol. The summed E-state index contributed by atoms with van der Waals surface area (Å²) in [6.07, 6.45) is 1.78. The highest BCUT2D eigenvalue weighted by Gasteiger charge is 2.26. The molecule has 1 saturated heterocycles. The molecule has 3 heterocycles. The molecule has 0 bridgehead atoms. The Bertz CT molecular complexity index is 1480. The van der Waals surface area contributed by atoms with Crippen molar-refractivity contribution in [3.05, 3.63) is 105 Å². The molecule has 0 unspecified atom stereocenters. The molecule has 0 saturated carbocycles. The number of thiazole rings is 1. The number of nitrogens with zero attached hydrogens (tertiary/aromatic N) is 4. The topological polar surface area (TPSA) is 190 Å². The number of benzene rings is 2. The smallest absolute Gasteiger partial charge is 0.414 e. The van der Waals surface area contributed by atoms with Crippen molar-refractivity contribution in [3.8, 4) is 0 Å². The average Bonchev–Trinajstić information content (AvgIpc) is 3.45. The number of rotatable bonds is 5. The van der Waals surface area contributed by atoms with Gasteiger partial charge in [-0.3, -0.25) is 19.0 Å². The van der Waals surface area contributed by atoms with Gasteiger partial charge in [-0.15, -0.1) is 11.3 Å². The fourth-order valence-corrected chi connectivity index (χ4v) is 5.00. The van der Waals surface area contributed by atoms with Crippen molar-refractivity contribution < 1.29 is 39.6 Å². The van der Waals surface area contributed by atoms with Gasteiger partial charge in [0.15, 0.2) is 4.96 Å². The molecule has 1 aliphatic heterocycles. The second kappa shape index (κ2) is 15.2. The van der Waals surface area contributed by atoms with Gasteiger partial charge in [0.1, 0.15) is 0 Å². The largest absolute Gasteiger partial charge is 0.473 e. The zero-order chi connectivity index (χ0) is 30.6. The van der Waals surface area contributed by atoms with Crippen LogP contribution in [0.3, 0.4) is 0 Å². The predicted octanol–water partition coefficient (Wildman–Crippen LogP) is 1.97. The van der Waals surface area contributed by atoms with E-state index < -0.39 is 23.9 Å². The van der Waals surface area contributed by atoms with Gasteiger partial charge < -0.3 is 20.4 Å². The zero-order valence-corrected chi connectivity index (χ0v) is 23.0. The van der Waals surface area contributed by atoms with Crippen molar-refractivity contribution in [2.75, 3.05) is 26.2 Å². The summed E-state index contributed by atoms with van der Waals surface area (Å²) in [5.74, 6) is -7.30. The third kappa shape index (κ3) is 9.05. The van der Waals surface area contributed by atoms with Crippen molar-refractivity contribution in [1.82, 2.24) is 19.2 Å². The van der Waals surface area contributed by atoms with Crippen molar-refractivity contribution >= 4 is 40.2 Å². The van der Waals surface area contributed by atoms with E-state index in [1.54, 1.807) is 16.7 Å². The summed E-state index contributed by atoms with van der Waals surface area (Å²) >= 11 is 1.50. The summed E-state index contributed by atoms with van der Waals surface area (Å²) in [5.41, 5.74) is 3.52. The number of carbonyl (C=O) groups is 4. The molecule has 220 valence electrons. The number of fused-ring (bicyclic) bond motifs is 1. The number of hydrogen-bond acceptors (Lipinski definition) is 9. The molecule has 0 atom stereocenters. The molecule has 42 heavy (non-hydrogen) atoms. The number of carboxylic acid groups (broad SMARTS) is 4. The Labute approximate surface area is 243 Å². The summed E-state index contributed by atoms with van der Waals surface area (Å²) in [7, 11) is 0. The van der Waals surface area contributed by atoms with Crippen molar-refractivity contribution in [3.63, 3.8) is 0 Å². The highest BCUT2D eigenvalue weighted by Crippen LogP contribution is 2.29. The van der Waals surface area contributed by atoms with Gasteiger partial charge >= 0.3 is 23.9 Å². The quantitative estimate of drug-likeness (QED) is 0.246. The van der Waals surface area contributed by atoms with Crippen LogP contribution in [0.15, 0.2) is 83.1 Å². The lowest BCUT2D eigenvalue weighted by molar-refractivity contribution is -0.159. The van der Waals surface area contributed by atoms with E-state index in [1.165, 1.54) is 22.5 Å². The van der Waals surface area contributed by atoms with Gasteiger partial charge in [-0.05, 0) is 11.1 Å². The molecule has 1 aliphatic rings. The molecule has 5 rings (SSSR count). The molecule has 0 spiro atoms. The molecular formula is C28H28N4O9S. The van der Waals surface area contributed by atoms with Crippen LogP contribution in [0, 0.1) is 0 Å². The van der Waals surface area contributed by atoms with Crippen LogP contribution in [0.25, 0.3) is 4.96 Å². The van der Waals surface area contributed by atoms with Gasteiger partial charge in [-0.1, -0.05) is 60.7 Å². The van der Waals surface area contributed by atoms with E-state index in [0.29, 0.717) is 0 Å². The molecule has 1 fully saturated rings. The minimum Gasteiger partial charge on any atom is -0.473 e. The highest BCUT2D eigenvalue weighted by molar-refractivity contribution is 7.15. The fraction of sp³-hybridized carbons (Fsp3) is 0.214. The van der Waals surface area contributed by atoms with E-state index in [4.69, 9.17) is 39.6 Å². The third-order valence-electron chi connectivity index (χ3n) is 6.11. The maximum Gasteiger partial charge on any atom is 0.414 e. The Morgan fingerprint density at radius 1 is 0.762 bits per heavy atom. The van der Waals surface area contributed by atoms with Gasteiger partial charge in [0.05, 0.1) is 11.7 Å². The highest BCUT2D eigenvalue weighted by atomic mass is 32.1. The van der Waals surface area contributed by atoms with Crippen LogP contribution < -0.4 is 5.56 Å². The van der Waals surface area contributed by atoms with Crippen molar-refractivity contribution in [2.24, 2.45) is 0 Å². The molecule has 2 aromatic heterocycles. The normalized spacial score (nSPS) is 13.4. The number of carboxylic acids is 4. The van der Waals surface area contributed by atoms with Crippen LogP contribution in [0.5, 0.6) is 0 Å². The Morgan fingerprint density at radius 3 is 1.69 bits per heavy atom. The van der Waals surface area contributed by atoms with Gasteiger partial charge in [0.2, 0.25) is 0 Å². The van der Waals surface area contributed by atoms with Crippen LogP contribution in [0.4, 0.5) is 0 Å². The van der Waals surface area contributed by atoms with Gasteiger partial charge in [0.25, 0.3) is 5.56 Å². The van der Waals surface area contributed by atoms with E-state index in [-0.39, 0.29) is 11.6 Å². The second-order valence-electron chi connectivity index (χ2n) is 8.90. The van der Waals surface area contributed by atoms with Crippen LogP contribution in [-0.2, 0) is 25.7 Å². The fourth-order valence-electron chi connectivity index (χ4n) is 4.26. The third-order valence-corrected chi connectivity index (χ3v) is 6.87. The van der Waals surface area contributed by atoms with E-state index >= 15 is 0 Å². The first-order valence-electron chi connectivity index (χ1n) is 12.5. The maximum absolute atomic E-state index is 12.3. The lowest BCUT2D eigenvalue weighted by atomic mass is 9.96. The lowest BCUT2D eigenvalue weighted by Crippen LogP contribution is -2.47. The van der Waals surface area contributed by atoms with E-state index in [1.807, 2.05) is 5.38 Å². The minimum atomic E-state index is -1.82. The Kier molecular flexibility index (Phi) is 11.4. The molecule has 2 aromatic carbocycles. The second-order valence-corrected chi connectivity index (χ2v) is 9.77. The van der Waals surface area contributed by atoms with Crippen LogP contribution in [-0.4, -0.2) is 89.7 Å². The molecular weight excluding hydrogens is 568 g/mol. The van der Waals surface area contributed by atoms with Crippen LogP contribution >= 0.6 is 11.3 Å². The van der Waals surface area contributed by atoms with E-state index in [0.717, 1.165) is 43.4 Å². The SMILES string of the molecule is O=C(O)C(=O)O.O=C(O)C(=O)O.O=c1cc(CN2CCN(C(c3ccccc3)c3ccccc3)CC2)nc2sccn12. The Morgan fingerprint density at radius 2 is 1.24 bits per heavy atom. The molecule has 4 aromatic rings. The Balaban J connectivity index is 0.000000342. The summed E-state index contributed by atoms with van der Waals surface area (Å²) in [4.78, 5) is 59.1. The number of aliphatic carboxylic acids is 4. The molecule has 4 N–H and O–H groups in total. The molecule has 14 heteroatoms. The number of piperazine rings is 1. The van der Waals surface area contributed by atoms with E-state index in [2.05, 4.69) is 75.4 Å². The molecule has 0 amide bonds. The minimum absolute atomic E-state index is 0.00288. The molecule has 13 nitrogen and oxygen atoms in total. The zero-order valence-electron chi connectivity index (χ0n) is 22.1. The average molecular weight is 597 g/mol. The first kappa shape index (κ1) is 31.6. The summed E-state index contributed by atoms with van der Waals surface area (Å²) in [5, 5.41) is 31.5. The summed E-state index contributed by atoms with van der Waals surface area (Å²) in [6, 6.07) is 23.4. The number of aromatic nitrogens is 2. The monoisotopic (exact) mass is 596 g/mol. The standard InChI is InChI=1S/C24H24N4OS.2C2H2O4/c29-22-17-21(25-24-28(22)15-16-30-24)18-26-11-13-27(14-12-26)23(19-7-3-1-4-8-19)20-9-5-2-6-10-20;2*3-1(4)2(5)6/h1-10,15-17,23H,11-14,18H2;2*(H,3,4)(H,5,6). The lowest BCUT2D eigenvalue weighted by Gasteiger charge is -2.39.